The molecular weight excluding hydrogens is 334 g/mol. The third kappa shape index (κ3) is 2.85. The predicted molar refractivity (Wildman–Crippen MR) is 103 cm³/mol. The number of nitrogens with zero attached hydrogens (tertiary/aromatic N) is 3. The summed E-state index contributed by atoms with van der Waals surface area (Å²) in [4.78, 5) is 1.29. The molecule has 0 aliphatic carbocycles. The third-order valence-corrected chi connectivity index (χ3v) is 5.99. The number of fused-ring (bicyclic) bond motifs is 1. The first-order valence-corrected chi connectivity index (χ1v) is 9.63. The van der Waals surface area contributed by atoms with Gasteiger partial charge >= 0.3 is 0 Å². The zero-order valence-electron chi connectivity index (χ0n) is 13.6. The van der Waals surface area contributed by atoms with Gasteiger partial charge in [0.25, 0.3) is 0 Å². The second-order valence-corrected chi connectivity index (χ2v) is 7.80. The van der Waals surface area contributed by atoms with Crippen molar-refractivity contribution in [1.82, 2.24) is 14.8 Å². The van der Waals surface area contributed by atoms with Crippen molar-refractivity contribution in [3.63, 3.8) is 0 Å². The lowest BCUT2D eigenvalue weighted by atomic mass is 10.1. The number of thiophene rings is 1. The van der Waals surface area contributed by atoms with Gasteiger partial charge in [0.1, 0.15) is 0 Å². The normalized spacial score (nSPS) is 11.2. The van der Waals surface area contributed by atoms with Gasteiger partial charge in [0.2, 0.25) is 0 Å². The van der Waals surface area contributed by atoms with Crippen molar-refractivity contribution < 1.29 is 0 Å². The van der Waals surface area contributed by atoms with Gasteiger partial charge in [0, 0.05) is 28.6 Å². The van der Waals surface area contributed by atoms with Gasteiger partial charge in [-0.25, -0.2) is 0 Å². The molecule has 0 radical (unpaired) electrons. The lowest BCUT2D eigenvalue weighted by Gasteiger charge is -2.06. The van der Waals surface area contributed by atoms with Crippen LogP contribution in [0.2, 0.25) is 0 Å². The van der Waals surface area contributed by atoms with Crippen LogP contribution in [0.25, 0.3) is 22.2 Å². The van der Waals surface area contributed by atoms with Crippen LogP contribution in [0.15, 0.2) is 59.1 Å². The Kier molecular flexibility index (Phi) is 4.12. The molecule has 2 heterocycles. The van der Waals surface area contributed by atoms with Crippen LogP contribution >= 0.6 is 23.1 Å². The van der Waals surface area contributed by atoms with E-state index in [0.29, 0.717) is 0 Å². The maximum absolute atomic E-state index is 4.38. The van der Waals surface area contributed by atoms with E-state index in [4.69, 9.17) is 0 Å². The number of aromatic nitrogens is 3. The van der Waals surface area contributed by atoms with Gasteiger partial charge in [-0.15, -0.1) is 21.5 Å². The average molecular weight is 352 g/mol. The second-order valence-electron chi connectivity index (χ2n) is 5.74. The van der Waals surface area contributed by atoms with Crippen LogP contribution in [0, 0.1) is 6.92 Å². The van der Waals surface area contributed by atoms with Crippen LogP contribution in [0.5, 0.6) is 0 Å². The van der Waals surface area contributed by atoms with Crippen LogP contribution in [0.4, 0.5) is 0 Å². The minimum Gasteiger partial charge on any atom is -0.305 e. The Balaban J connectivity index is 1.59. The maximum Gasteiger partial charge on any atom is 0.191 e. The molecule has 3 nitrogen and oxygen atoms in total. The van der Waals surface area contributed by atoms with Crippen LogP contribution in [-0.2, 0) is 12.8 Å². The van der Waals surface area contributed by atoms with Crippen molar-refractivity contribution in [3.05, 3.63) is 64.4 Å². The fraction of sp³-hybridized carbons (Fsp3) is 0.158. The fourth-order valence-corrected chi connectivity index (χ4v) is 4.41. The molecule has 0 amide bonds. The van der Waals surface area contributed by atoms with E-state index in [0.717, 1.165) is 22.3 Å². The van der Waals surface area contributed by atoms with Gasteiger partial charge in [-0.05, 0) is 29.3 Å². The Labute approximate surface area is 149 Å². The molecule has 120 valence electrons. The zero-order valence-corrected chi connectivity index (χ0v) is 15.2. The van der Waals surface area contributed by atoms with E-state index in [1.165, 1.54) is 21.2 Å². The van der Waals surface area contributed by atoms with E-state index in [-0.39, 0.29) is 0 Å². The summed E-state index contributed by atoms with van der Waals surface area (Å²) in [5.41, 5.74) is 2.47. The van der Waals surface area contributed by atoms with Gasteiger partial charge < -0.3 is 4.57 Å². The topological polar surface area (TPSA) is 30.7 Å². The molecule has 0 saturated heterocycles. The van der Waals surface area contributed by atoms with Crippen LogP contribution in [0.3, 0.4) is 0 Å². The lowest BCUT2D eigenvalue weighted by molar-refractivity contribution is 0.794. The molecule has 0 spiro atoms. The second kappa shape index (κ2) is 6.42. The van der Waals surface area contributed by atoms with Crippen molar-refractivity contribution >= 4 is 33.9 Å². The molecule has 4 aromatic rings. The van der Waals surface area contributed by atoms with Gasteiger partial charge in [-0.2, -0.15) is 0 Å². The summed E-state index contributed by atoms with van der Waals surface area (Å²) in [6, 6.07) is 17.1. The maximum atomic E-state index is 4.38. The van der Waals surface area contributed by atoms with E-state index in [2.05, 4.69) is 75.6 Å². The molecule has 5 heteroatoms. The monoisotopic (exact) mass is 351 g/mol. The molecule has 0 N–H and O–H groups in total. The number of aryl methyl sites for hydroxylation is 1. The summed E-state index contributed by atoms with van der Waals surface area (Å²) in [6.45, 7) is 2.11. The molecule has 4 rings (SSSR count). The highest BCUT2D eigenvalue weighted by molar-refractivity contribution is 7.98. The number of thioether (sulfide) groups is 1. The largest absolute Gasteiger partial charge is 0.305 e. The highest BCUT2D eigenvalue weighted by Crippen LogP contribution is 2.29. The lowest BCUT2D eigenvalue weighted by Crippen LogP contribution is -1.94. The standard InChI is InChI=1S/C19H17N3S2/c1-13-10-16(12-23-13)18-20-21-19(22(18)2)24-11-15-8-5-7-14-6-3-4-9-17(14)15/h3-10,12H,11H2,1-2H3. The summed E-state index contributed by atoms with van der Waals surface area (Å²) in [6.07, 6.45) is 0. The van der Waals surface area contributed by atoms with Crippen LogP contribution in [0.1, 0.15) is 10.4 Å². The highest BCUT2D eigenvalue weighted by Gasteiger charge is 2.13. The Morgan fingerprint density at radius 1 is 1.08 bits per heavy atom. The number of hydrogen-bond acceptors (Lipinski definition) is 4. The first-order valence-electron chi connectivity index (χ1n) is 7.77. The Bertz CT molecular complexity index is 995. The van der Waals surface area contributed by atoms with E-state index < -0.39 is 0 Å². The molecule has 0 aliphatic rings. The zero-order chi connectivity index (χ0) is 16.5. The molecule has 2 aromatic carbocycles. The Hall–Kier alpha value is -2.11. The highest BCUT2D eigenvalue weighted by atomic mass is 32.2. The quantitative estimate of drug-likeness (QED) is 0.468. The first kappa shape index (κ1) is 15.4. The molecule has 0 bridgehead atoms. The Morgan fingerprint density at radius 3 is 2.75 bits per heavy atom. The average Bonchev–Trinajstić information content (AvgIpc) is 3.18. The SMILES string of the molecule is Cc1cc(-c2nnc(SCc3cccc4ccccc34)n2C)cs1. The van der Waals surface area contributed by atoms with E-state index in [1.807, 2.05) is 7.05 Å². The molecule has 24 heavy (non-hydrogen) atoms. The van der Waals surface area contributed by atoms with Crippen molar-refractivity contribution in [2.45, 2.75) is 17.8 Å². The predicted octanol–water partition coefficient (Wildman–Crippen LogP) is 5.30. The van der Waals surface area contributed by atoms with Crippen molar-refractivity contribution in [1.29, 1.82) is 0 Å². The van der Waals surface area contributed by atoms with Crippen LogP contribution in [-0.4, -0.2) is 14.8 Å². The van der Waals surface area contributed by atoms with Gasteiger partial charge in [-0.1, -0.05) is 54.2 Å². The van der Waals surface area contributed by atoms with Gasteiger partial charge in [-0.3, -0.25) is 0 Å². The summed E-state index contributed by atoms with van der Waals surface area (Å²) in [7, 11) is 2.04. The summed E-state index contributed by atoms with van der Waals surface area (Å²) in [5.74, 6) is 1.82. The number of hydrogen-bond donors (Lipinski definition) is 0. The van der Waals surface area contributed by atoms with Crippen molar-refractivity contribution in [3.8, 4) is 11.4 Å². The van der Waals surface area contributed by atoms with Gasteiger partial charge in [0.05, 0.1) is 0 Å². The minimum absolute atomic E-state index is 0.885. The molecule has 0 aliphatic heterocycles. The van der Waals surface area contributed by atoms with E-state index >= 15 is 0 Å². The fourth-order valence-electron chi connectivity index (χ4n) is 2.81. The summed E-state index contributed by atoms with van der Waals surface area (Å²) in [5, 5.41) is 14.4. The van der Waals surface area contributed by atoms with Crippen molar-refractivity contribution in [2.24, 2.45) is 7.05 Å². The molecule has 0 fully saturated rings. The van der Waals surface area contributed by atoms with E-state index in [1.54, 1.807) is 23.1 Å². The van der Waals surface area contributed by atoms with Crippen LogP contribution < -0.4 is 0 Å². The van der Waals surface area contributed by atoms with E-state index in [9.17, 15) is 0 Å². The number of benzene rings is 2. The molecule has 0 saturated carbocycles. The summed E-state index contributed by atoms with van der Waals surface area (Å²) >= 11 is 3.47. The smallest absolute Gasteiger partial charge is 0.191 e. The third-order valence-electron chi connectivity index (χ3n) is 4.06. The molecule has 0 unspecified atom stereocenters. The molecular formula is C19H17N3S2. The Morgan fingerprint density at radius 2 is 1.92 bits per heavy atom. The first-order chi connectivity index (χ1) is 11.7. The molecule has 0 atom stereocenters. The summed E-state index contributed by atoms with van der Waals surface area (Å²) < 4.78 is 2.08. The number of rotatable bonds is 4. The molecule has 2 aromatic heterocycles. The van der Waals surface area contributed by atoms with Gasteiger partial charge in [0.15, 0.2) is 11.0 Å². The minimum atomic E-state index is 0.885. The van der Waals surface area contributed by atoms with Crippen molar-refractivity contribution in [2.75, 3.05) is 0 Å².